The van der Waals surface area contributed by atoms with Crippen molar-refractivity contribution in [1.82, 2.24) is 0 Å². The fourth-order valence-corrected chi connectivity index (χ4v) is 5.01. The van der Waals surface area contributed by atoms with Gasteiger partial charge in [0, 0.05) is 11.6 Å². The van der Waals surface area contributed by atoms with Crippen molar-refractivity contribution < 1.29 is 18.9 Å². The molecule has 2 saturated heterocycles. The Balaban J connectivity index is 1.61. The first-order chi connectivity index (χ1) is 11.4. The van der Waals surface area contributed by atoms with E-state index in [0.717, 1.165) is 31.6 Å². The number of hydrogen-bond donors (Lipinski definition) is 0. The van der Waals surface area contributed by atoms with Gasteiger partial charge in [-0.3, -0.25) is 0 Å². The molecule has 3 rings (SSSR count). The second kappa shape index (κ2) is 7.75. The summed E-state index contributed by atoms with van der Waals surface area (Å²) in [6.07, 6.45) is 3.07. The maximum absolute atomic E-state index is 6.21. The fraction of sp³-hybridized carbons (Fsp3) is 0.667. The highest BCUT2D eigenvalue weighted by Gasteiger charge is 2.53. The van der Waals surface area contributed by atoms with E-state index >= 15 is 0 Å². The summed E-state index contributed by atoms with van der Waals surface area (Å²) in [5.41, 5.74) is 0.328. The molecular weight excluding hydrogens is 344 g/mol. The Bertz CT molecular complexity index is 542. The minimum atomic E-state index is -1.35. The van der Waals surface area contributed by atoms with Crippen molar-refractivity contribution in [1.29, 1.82) is 0 Å². The Morgan fingerprint density at radius 2 is 2.12 bits per heavy atom. The lowest BCUT2D eigenvalue weighted by Crippen LogP contribution is -2.39. The van der Waals surface area contributed by atoms with Crippen molar-refractivity contribution in [2.45, 2.75) is 63.1 Å². The van der Waals surface area contributed by atoms with E-state index in [1.165, 1.54) is 0 Å². The topological polar surface area (TPSA) is 40.2 Å². The molecule has 0 saturated carbocycles. The van der Waals surface area contributed by atoms with Crippen molar-refractivity contribution in [2.75, 3.05) is 13.2 Å². The van der Waals surface area contributed by atoms with Gasteiger partial charge in [0.05, 0.1) is 13.8 Å². The Hall–Kier alpha value is -0.593. The number of rotatable bonds is 7. The summed E-state index contributed by atoms with van der Waals surface area (Å²) in [5, 5.41) is 0.670. The average Bonchev–Trinajstić information content (AvgIpc) is 3.33. The Kier molecular flexibility index (Phi) is 5.88. The molecule has 4 atom stereocenters. The third kappa shape index (κ3) is 4.96. The molecule has 0 aliphatic carbocycles. The van der Waals surface area contributed by atoms with Crippen LogP contribution in [0.25, 0.3) is 0 Å². The van der Waals surface area contributed by atoms with Gasteiger partial charge in [0.2, 0.25) is 0 Å². The molecule has 0 aromatic heterocycles. The first kappa shape index (κ1) is 18.2. The van der Waals surface area contributed by atoms with Gasteiger partial charge in [-0.05, 0) is 37.5 Å². The average molecular weight is 371 g/mol. The van der Waals surface area contributed by atoms with Crippen molar-refractivity contribution in [3.8, 4) is 5.75 Å². The van der Waals surface area contributed by atoms with Gasteiger partial charge in [0.25, 0.3) is 0 Å². The lowest BCUT2D eigenvalue weighted by atomic mass is 10.2. The van der Waals surface area contributed by atoms with Gasteiger partial charge >= 0.3 is 0 Å². The lowest BCUT2D eigenvalue weighted by Gasteiger charge is -2.27. The molecule has 3 unspecified atom stereocenters. The highest BCUT2D eigenvalue weighted by atomic mass is 35.5. The minimum absolute atomic E-state index is 0.108. The summed E-state index contributed by atoms with van der Waals surface area (Å²) >= 11 is 6.02. The molecule has 1 aromatic rings. The molecule has 2 aliphatic heterocycles. The smallest absolute Gasteiger partial charge is 0.158 e. The normalized spacial score (nSPS) is 28.4. The molecule has 24 heavy (non-hydrogen) atoms. The maximum Gasteiger partial charge on any atom is 0.158 e. The van der Waals surface area contributed by atoms with Crippen molar-refractivity contribution >= 4 is 19.7 Å². The van der Waals surface area contributed by atoms with Gasteiger partial charge in [-0.2, -0.15) is 0 Å². The molecule has 0 bridgehead atoms. The van der Waals surface area contributed by atoms with Crippen molar-refractivity contribution in [3.05, 3.63) is 29.3 Å². The highest BCUT2D eigenvalue weighted by Crippen LogP contribution is 2.36. The number of benzene rings is 1. The molecule has 0 spiro atoms. The predicted octanol–water partition coefficient (Wildman–Crippen LogP) is 4.28. The summed E-state index contributed by atoms with van der Waals surface area (Å²) in [6, 6.07) is 7.45. The van der Waals surface area contributed by atoms with Crippen LogP contribution in [0, 0.1) is 0 Å². The van der Waals surface area contributed by atoms with Crippen LogP contribution in [0.2, 0.25) is 24.7 Å². The van der Waals surface area contributed by atoms with Crippen LogP contribution >= 0.6 is 11.6 Å². The zero-order valence-electron chi connectivity index (χ0n) is 14.7. The largest absolute Gasteiger partial charge is 0.491 e. The molecule has 2 heterocycles. The summed E-state index contributed by atoms with van der Waals surface area (Å²) in [5.74, 6) is 0.755. The summed E-state index contributed by atoms with van der Waals surface area (Å²) in [6.45, 7) is 8.19. The van der Waals surface area contributed by atoms with Gasteiger partial charge in [-0.25, -0.2) is 0 Å². The van der Waals surface area contributed by atoms with Crippen LogP contribution in [0.15, 0.2) is 24.3 Å². The zero-order valence-corrected chi connectivity index (χ0v) is 16.4. The van der Waals surface area contributed by atoms with Crippen LogP contribution in [-0.2, 0) is 14.2 Å². The van der Waals surface area contributed by atoms with Gasteiger partial charge in [-0.15, -0.1) is 0 Å². The SMILES string of the molecule is C[Si](C)(C)C1OC1[C@H](COc1cccc(Cl)c1)OC1CCCCO1. The number of ether oxygens (including phenoxy) is 4. The van der Waals surface area contributed by atoms with Crippen molar-refractivity contribution in [2.24, 2.45) is 0 Å². The van der Waals surface area contributed by atoms with Crippen LogP contribution in [0.5, 0.6) is 5.75 Å². The second-order valence-corrected chi connectivity index (χ2v) is 13.4. The van der Waals surface area contributed by atoms with E-state index in [1.54, 1.807) is 0 Å². The minimum Gasteiger partial charge on any atom is -0.491 e. The molecule has 2 fully saturated rings. The molecule has 6 heteroatoms. The van der Waals surface area contributed by atoms with E-state index in [9.17, 15) is 0 Å². The first-order valence-electron chi connectivity index (χ1n) is 8.74. The van der Waals surface area contributed by atoms with Gasteiger partial charge in [-0.1, -0.05) is 37.3 Å². The van der Waals surface area contributed by atoms with Gasteiger partial charge in [0.15, 0.2) is 6.29 Å². The van der Waals surface area contributed by atoms with Crippen molar-refractivity contribution in [3.63, 3.8) is 0 Å². The third-order valence-corrected chi connectivity index (χ3v) is 6.83. The summed E-state index contributed by atoms with van der Waals surface area (Å²) < 4.78 is 23.8. The number of halogens is 1. The molecule has 4 nitrogen and oxygen atoms in total. The van der Waals surface area contributed by atoms with E-state index in [1.807, 2.05) is 24.3 Å². The van der Waals surface area contributed by atoms with Crippen LogP contribution in [0.4, 0.5) is 0 Å². The molecule has 0 N–H and O–H groups in total. The molecule has 2 aliphatic rings. The Morgan fingerprint density at radius 1 is 1.29 bits per heavy atom. The van der Waals surface area contributed by atoms with E-state index in [0.29, 0.717) is 17.4 Å². The summed E-state index contributed by atoms with van der Waals surface area (Å²) in [4.78, 5) is 0. The Morgan fingerprint density at radius 3 is 2.75 bits per heavy atom. The van der Waals surface area contributed by atoms with Crippen LogP contribution < -0.4 is 4.74 Å². The number of epoxide rings is 1. The highest BCUT2D eigenvalue weighted by molar-refractivity contribution is 6.78. The van der Waals surface area contributed by atoms with Gasteiger partial charge in [0.1, 0.15) is 24.6 Å². The Labute approximate surface area is 150 Å². The summed E-state index contributed by atoms with van der Waals surface area (Å²) in [7, 11) is -1.35. The van der Waals surface area contributed by atoms with Crippen LogP contribution in [0.1, 0.15) is 19.3 Å². The molecule has 0 amide bonds. The standard InChI is InChI=1S/C18H27ClO4Si/c1-24(2,3)18-17(23-18)15(22-16-9-4-5-10-20-16)12-21-14-8-6-7-13(19)11-14/h6-8,11,15-18H,4-5,9-10,12H2,1-3H3/t15-,16?,17?,18?/m0/s1. The predicted molar refractivity (Wildman–Crippen MR) is 97.4 cm³/mol. The van der Waals surface area contributed by atoms with E-state index < -0.39 is 8.07 Å². The monoisotopic (exact) mass is 370 g/mol. The molecule has 134 valence electrons. The number of hydrogen-bond acceptors (Lipinski definition) is 4. The molecule has 0 radical (unpaired) electrons. The lowest BCUT2D eigenvalue weighted by molar-refractivity contribution is -0.196. The van der Waals surface area contributed by atoms with Gasteiger partial charge < -0.3 is 18.9 Å². The quantitative estimate of drug-likeness (QED) is 0.530. The van der Waals surface area contributed by atoms with E-state index in [-0.39, 0.29) is 18.5 Å². The third-order valence-electron chi connectivity index (χ3n) is 4.42. The maximum atomic E-state index is 6.21. The van der Waals surface area contributed by atoms with E-state index in [2.05, 4.69) is 19.6 Å². The van der Waals surface area contributed by atoms with E-state index in [4.69, 9.17) is 30.5 Å². The molecular formula is C18H27ClO4Si. The molecule has 1 aromatic carbocycles. The zero-order chi connectivity index (χ0) is 17.2. The van der Waals surface area contributed by atoms with Crippen LogP contribution in [-0.4, -0.2) is 45.5 Å². The van der Waals surface area contributed by atoms with Crippen LogP contribution in [0.3, 0.4) is 0 Å². The second-order valence-electron chi connectivity index (χ2n) is 7.63. The first-order valence-corrected chi connectivity index (χ1v) is 12.7. The fourth-order valence-electron chi connectivity index (χ4n) is 3.06.